The van der Waals surface area contributed by atoms with E-state index in [9.17, 15) is 30.0 Å². The van der Waals surface area contributed by atoms with Crippen LogP contribution >= 0.6 is 0 Å². The summed E-state index contributed by atoms with van der Waals surface area (Å²) in [7, 11) is 0. The highest BCUT2D eigenvalue weighted by Gasteiger charge is 2.44. The second-order valence-corrected chi connectivity index (χ2v) is 15.5. The molecule has 0 spiro atoms. The lowest BCUT2D eigenvalue weighted by molar-refractivity contribution is -0.305. The van der Waals surface area contributed by atoms with Crippen LogP contribution in [0.2, 0.25) is 0 Å². The number of aliphatic hydroxyl groups excluding tert-OH is 4. The molecule has 1 heterocycles. The van der Waals surface area contributed by atoms with E-state index in [1.54, 1.807) is 0 Å². The van der Waals surface area contributed by atoms with Gasteiger partial charge in [0.2, 0.25) is 0 Å². The van der Waals surface area contributed by atoms with E-state index in [0.29, 0.717) is 12.8 Å². The molecule has 322 valence electrons. The van der Waals surface area contributed by atoms with Gasteiger partial charge in [0.05, 0.1) is 13.2 Å². The van der Waals surface area contributed by atoms with Gasteiger partial charge < -0.3 is 39.4 Å². The molecule has 55 heavy (non-hydrogen) atoms. The number of hydrogen-bond acceptors (Lipinski definition) is 10. The standard InChI is InChI=1S/C45H82O10/c1-3-5-7-9-11-13-15-17-19-21-23-25-27-29-31-33-40(47)52-36-38(37-53-45-44(51)43(50)42(49)39(35-46)55-45)54-41(48)34-32-30-28-26-24-22-20-18-16-14-12-10-8-6-4-2/h17-20,38-39,42-46,49-51H,3-16,21-37H2,1-2H3/b19-17-,20-18-/t38?,39-,42+,43+,44+,45-/m1/s1. The van der Waals surface area contributed by atoms with Crippen LogP contribution in [0.4, 0.5) is 0 Å². The first-order valence-corrected chi connectivity index (χ1v) is 22.4. The Labute approximate surface area is 334 Å². The molecule has 1 aliphatic heterocycles. The molecule has 6 atom stereocenters. The summed E-state index contributed by atoms with van der Waals surface area (Å²) in [4.78, 5) is 25.3. The first-order chi connectivity index (χ1) is 26.8. The van der Waals surface area contributed by atoms with Crippen LogP contribution in [0, 0.1) is 0 Å². The molecule has 1 rings (SSSR count). The van der Waals surface area contributed by atoms with Crippen LogP contribution in [0.5, 0.6) is 0 Å². The van der Waals surface area contributed by atoms with E-state index in [0.717, 1.165) is 64.2 Å². The zero-order valence-electron chi connectivity index (χ0n) is 34.9. The van der Waals surface area contributed by atoms with E-state index in [1.807, 2.05) is 0 Å². The lowest BCUT2D eigenvalue weighted by Crippen LogP contribution is -2.59. The molecule has 10 nitrogen and oxygen atoms in total. The summed E-state index contributed by atoms with van der Waals surface area (Å²) >= 11 is 0. The highest BCUT2D eigenvalue weighted by molar-refractivity contribution is 5.70. The first kappa shape index (κ1) is 51.2. The van der Waals surface area contributed by atoms with E-state index in [4.69, 9.17) is 18.9 Å². The van der Waals surface area contributed by atoms with Gasteiger partial charge in [-0.05, 0) is 64.2 Å². The van der Waals surface area contributed by atoms with Crippen molar-refractivity contribution in [2.75, 3.05) is 19.8 Å². The summed E-state index contributed by atoms with van der Waals surface area (Å²) in [5, 5.41) is 40.0. The van der Waals surface area contributed by atoms with Crippen LogP contribution in [-0.2, 0) is 28.5 Å². The van der Waals surface area contributed by atoms with E-state index < -0.39 is 49.4 Å². The van der Waals surface area contributed by atoms with E-state index in [1.165, 1.54) is 89.9 Å². The number of carbonyl (C=O) groups is 2. The molecular formula is C45H82O10. The summed E-state index contributed by atoms with van der Waals surface area (Å²) < 4.78 is 22.1. The second kappa shape index (κ2) is 36.5. The zero-order valence-corrected chi connectivity index (χ0v) is 34.9. The predicted octanol–water partition coefficient (Wildman–Crippen LogP) is 9.33. The van der Waals surface area contributed by atoms with Crippen LogP contribution in [0.1, 0.15) is 194 Å². The topological polar surface area (TPSA) is 152 Å². The molecule has 10 heteroatoms. The SMILES string of the molecule is CCCCCCCC/C=C\CCCCCCCC(=O)OCC(CO[C@@H]1O[C@H](CO)[C@H](O)[C@H](O)[C@@H]1O)OC(=O)CCCCCCC/C=C\CCCCCCCC. The Kier molecular flexibility index (Phi) is 34.0. The van der Waals surface area contributed by atoms with Crippen LogP contribution in [0.25, 0.3) is 0 Å². The van der Waals surface area contributed by atoms with Gasteiger partial charge >= 0.3 is 11.9 Å². The minimum Gasteiger partial charge on any atom is -0.462 e. The van der Waals surface area contributed by atoms with Gasteiger partial charge in [0.15, 0.2) is 12.4 Å². The molecule has 0 radical (unpaired) electrons. The lowest BCUT2D eigenvalue weighted by atomic mass is 9.99. The van der Waals surface area contributed by atoms with Gasteiger partial charge in [-0.25, -0.2) is 0 Å². The maximum absolute atomic E-state index is 12.8. The van der Waals surface area contributed by atoms with Gasteiger partial charge in [-0.3, -0.25) is 9.59 Å². The smallest absolute Gasteiger partial charge is 0.306 e. The molecule has 0 aliphatic carbocycles. The predicted molar refractivity (Wildman–Crippen MR) is 219 cm³/mol. The number of unbranched alkanes of at least 4 members (excludes halogenated alkanes) is 22. The lowest BCUT2D eigenvalue weighted by Gasteiger charge is -2.39. The molecule has 0 aromatic rings. The normalized spacial score (nSPS) is 20.7. The Bertz CT molecular complexity index is 954. The van der Waals surface area contributed by atoms with Crippen LogP contribution in [-0.4, -0.2) is 89.0 Å². The number of rotatable bonds is 37. The number of hydrogen-bond donors (Lipinski definition) is 4. The monoisotopic (exact) mass is 783 g/mol. The van der Waals surface area contributed by atoms with Crippen LogP contribution < -0.4 is 0 Å². The Hall–Kier alpha value is -1.82. The molecular weight excluding hydrogens is 700 g/mol. The van der Waals surface area contributed by atoms with Crippen LogP contribution in [0.3, 0.4) is 0 Å². The summed E-state index contributed by atoms with van der Waals surface area (Å²) in [6, 6.07) is 0. The fraction of sp³-hybridized carbons (Fsp3) is 0.867. The Morgan fingerprint density at radius 3 is 1.42 bits per heavy atom. The number of ether oxygens (including phenoxy) is 4. The maximum Gasteiger partial charge on any atom is 0.306 e. The van der Waals surface area contributed by atoms with Gasteiger partial charge in [0, 0.05) is 12.8 Å². The van der Waals surface area contributed by atoms with Gasteiger partial charge in [0.25, 0.3) is 0 Å². The van der Waals surface area contributed by atoms with Crippen molar-refractivity contribution in [2.24, 2.45) is 0 Å². The molecule has 1 saturated heterocycles. The average molecular weight is 783 g/mol. The molecule has 1 aliphatic rings. The molecule has 0 aromatic heterocycles. The van der Waals surface area contributed by atoms with Crippen LogP contribution in [0.15, 0.2) is 24.3 Å². The third-order valence-electron chi connectivity index (χ3n) is 10.3. The number of esters is 2. The van der Waals surface area contributed by atoms with E-state index in [-0.39, 0.29) is 32.0 Å². The largest absolute Gasteiger partial charge is 0.462 e. The van der Waals surface area contributed by atoms with E-state index in [2.05, 4.69) is 38.2 Å². The molecule has 4 N–H and O–H groups in total. The van der Waals surface area contributed by atoms with Crippen molar-refractivity contribution < 1.29 is 49.0 Å². The van der Waals surface area contributed by atoms with Crippen molar-refractivity contribution in [3.05, 3.63) is 24.3 Å². The fourth-order valence-electron chi connectivity index (χ4n) is 6.71. The molecule has 1 fully saturated rings. The van der Waals surface area contributed by atoms with Crippen molar-refractivity contribution in [3.8, 4) is 0 Å². The molecule has 0 amide bonds. The molecule has 0 bridgehead atoms. The maximum atomic E-state index is 12.8. The summed E-state index contributed by atoms with van der Waals surface area (Å²) in [6.07, 6.45) is 31.8. The Morgan fingerprint density at radius 2 is 0.964 bits per heavy atom. The van der Waals surface area contributed by atoms with Gasteiger partial charge in [-0.2, -0.15) is 0 Å². The number of aliphatic hydroxyl groups is 4. The molecule has 1 unspecified atom stereocenters. The third-order valence-corrected chi connectivity index (χ3v) is 10.3. The summed E-state index contributed by atoms with van der Waals surface area (Å²) in [5.74, 6) is -0.822. The summed E-state index contributed by atoms with van der Waals surface area (Å²) in [6.45, 7) is 3.40. The van der Waals surface area contributed by atoms with Crippen molar-refractivity contribution in [2.45, 2.75) is 230 Å². The average Bonchev–Trinajstić information content (AvgIpc) is 3.18. The molecule has 0 aromatic carbocycles. The Balaban J connectivity index is 2.34. The van der Waals surface area contributed by atoms with Crippen molar-refractivity contribution >= 4 is 11.9 Å². The third kappa shape index (κ3) is 28.3. The minimum atomic E-state index is -1.60. The zero-order chi connectivity index (χ0) is 40.2. The highest BCUT2D eigenvalue weighted by Crippen LogP contribution is 2.22. The fourth-order valence-corrected chi connectivity index (χ4v) is 6.71. The van der Waals surface area contributed by atoms with Gasteiger partial charge in [-0.1, -0.05) is 141 Å². The molecule has 0 saturated carbocycles. The quantitative estimate of drug-likeness (QED) is 0.0273. The second-order valence-electron chi connectivity index (χ2n) is 15.5. The van der Waals surface area contributed by atoms with Gasteiger partial charge in [-0.15, -0.1) is 0 Å². The van der Waals surface area contributed by atoms with Crippen molar-refractivity contribution in [1.29, 1.82) is 0 Å². The minimum absolute atomic E-state index is 0.220. The highest BCUT2D eigenvalue weighted by atomic mass is 16.7. The number of allylic oxidation sites excluding steroid dienone is 4. The Morgan fingerprint density at radius 1 is 0.545 bits per heavy atom. The summed E-state index contributed by atoms with van der Waals surface area (Å²) in [5.41, 5.74) is 0. The van der Waals surface area contributed by atoms with Crippen molar-refractivity contribution in [3.63, 3.8) is 0 Å². The van der Waals surface area contributed by atoms with Crippen molar-refractivity contribution in [1.82, 2.24) is 0 Å². The van der Waals surface area contributed by atoms with Gasteiger partial charge in [0.1, 0.15) is 31.0 Å². The number of carbonyl (C=O) groups excluding carboxylic acids is 2. The van der Waals surface area contributed by atoms with E-state index >= 15 is 0 Å². The first-order valence-electron chi connectivity index (χ1n) is 22.4.